The molecule has 4 bridgehead atoms. The first-order valence-corrected chi connectivity index (χ1v) is 10.7. The predicted octanol–water partition coefficient (Wildman–Crippen LogP) is 2.57. The van der Waals surface area contributed by atoms with Crippen molar-refractivity contribution >= 4 is 5.91 Å². The van der Waals surface area contributed by atoms with Gasteiger partial charge in [-0.1, -0.05) is 19.3 Å². The first-order chi connectivity index (χ1) is 12.1. The number of rotatable bonds is 3. The van der Waals surface area contributed by atoms with Gasteiger partial charge in [0.15, 0.2) is 0 Å². The van der Waals surface area contributed by atoms with Crippen LogP contribution in [0.3, 0.4) is 0 Å². The molecule has 6 rings (SSSR count). The number of carbonyl (C=O) groups excluding carboxylic acids is 1. The van der Waals surface area contributed by atoms with Gasteiger partial charge in [-0.2, -0.15) is 0 Å². The maximum atomic E-state index is 13.0. The van der Waals surface area contributed by atoms with E-state index in [1.165, 1.54) is 32.1 Å². The van der Waals surface area contributed by atoms with Crippen LogP contribution in [-0.2, 0) is 4.79 Å². The van der Waals surface area contributed by atoms with Crippen LogP contribution in [0.4, 0.5) is 0 Å². The summed E-state index contributed by atoms with van der Waals surface area (Å²) in [4.78, 5) is 14.9. The Bertz CT molecular complexity index is 505. The summed E-state index contributed by atoms with van der Waals surface area (Å²) >= 11 is 0. The molecule has 5 saturated carbocycles. The van der Waals surface area contributed by atoms with Crippen molar-refractivity contribution in [2.75, 3.05) is 13.1 Å². The second-order valence-corrected chi connectivity index (χ2v) is 9.92. The van der Waals surface area contributed by atoms with E-state index in [-0.39, 0.29) is 17.6 Å². The van der Waals surface area contributed by atoms with Crippen LogP contribution in [0.15, 0.2) is 0 Å². The zero-order chi connectivity index (χ0) is 17.2. The van der Waals surface area contributed by atoms with E-state index in [1.54, 1.807) is 0 Å². The molecule has 0 aromatic heterocycles. The molecule has 5 aliphatic carbocycles. The average molecular weight is 347 g/mol. The fraction of sp³-hybridized carbons (Fsp3) is 0.952. The van der Waals surface area contributed by atoms with E-state index in [0.29, 0.717) is 48.6 Å². The second-order valence-electron chi connectivity index (χ2n) is 9.92. The van der Waals surface area contributed by atoms with Gasteiger partial charge in [0.2, 0.25) is 5.91 Å². The molecule has 4 nitrogen and oxygen atoms in total. The molecule has 0 aromatic carbocycles. The summed E-state index contributed by atoms with van der Waals surface area (Å²) in [6.07, 6.45) is 11.6. The molecule has 0 unspecified atom stereocenters. The van der Waals surface area contributed by atoms with Crippen molar-refractivity contribution in [2.24, 2.45) is 35.0 Å². The fourth-order valence-corrected chi connectivity index (χ4v) is 7.77. The Kier molecular flexibility index (Phi) is 3.94. The maximum Gasteiger partial charge on any atom is 0.223 e. The largest absolute Gasteiger partial charge is 0.393 e. The van der Waals surface area contributed by atoms with Crippen LogP contribution < -0.4 is 0 Å². The topological polar surface area (TPSA) is 60.8 Å². The molecular weight excluding hydrogens is 314 g/mol. The van der Waals surface area contributed by atoms with E-state index in [9.17, 15) is 15.0 Å². The van der Waals surface area contributed by atoms with E-state index in [2.05, 4.69) is 0 Å². The molecule has 1 heterocycles. The summed E-state index contributed by atoms with van der Waals surface area (Å²) in [5.41, 5.74) is 0.200. The Morgan fingerprint density at radius 1 is 0.880 bits per heavy atom. The highest BCUT2D eigenvalue weighted by Crippen LogP contribution is 2.67. The monoisotopic (exact) mass is 347 g/mol. The van der Waals surface area contributed by atoms with E-state index in [0.717, 1.165) is 32.1 Å². The van der Waals surface area contributed by atoms with Crippen molar-refractivity contribution in [3.05, 3.63) is 0 Å². The molecule has 0 radical (unpaired) electrons. The van der Waals surface area contributed by atoms with Gasteiger partial charge < -0.3 is 15.1 Å². The zero-order valence-corrected chi connectivity index (χ0v) is 15.3. The van der Waals surface area contributed by atoms with Crippen molar-refractivity contribution in [1.29, 1.82) is 0 Å². The lowest BCUT2D eigenvalue weighted by molar-refractivity contribution is -0.199. The van der Waals surface area contributed by atoms with E-state index in [4.69, 9.17) is 0 Å². The summed E-state index contributed by atoms with van der Waals surface area (Å²) in [6, 6.07) is 0. The molecule has 1 saturated heterocycles. The van der Waals surface area contributed by atoms with Gasteiger partial charge in [-0.05, 0) is 73.5 Å². The lowest BCUT2D eigenvalue weighted by atomic mass is 9.40. The molecule has 1 aliphatic heterocycles. The van der Waals surface area contributed by atoms with Crippen LogP contribution in [0.5, 0.6) is 0 Å². The minimum Gasteiger partial charge on any atom is -0.393 e. The van der Waals surface area contributed by atoms with Crippen molar-refractivity contribution in [1.82, 2.24) is 4.90 Å². The van der Waals surface area contributed by atoms with Crippen LogP contribution in [-0.4, -0.2) is 46.3 Å². The number of aliphatic hydroxyl groups excluding tert-OH is 2. The summed E-state index contributed by atoms with van der Waals surface area (Å²) in [7, 11) is 0. The van der Waals surface area contributed by atoms with Gasteiger partial charge in [0, 0.05) is 19.5 Å². The summed E-state index contributed by atoms with van der Waals surface area (Å²) < 4.78 is 0. The Hall–Kier alpha value is -0.610. The molecule has 6 aliphatic rings. The van der Waals surface area contributed by atoms with Crippen molar-refractivity contribution in [2.45, 2.75) is 76.4 Å². The Morgan fingerprint density at radius 2 is 1.44 bits per heavy atom. The minimum absolute atomic E-state index is 0.0712. The minimum atomic E-state index is -0.303. The normalized spacial score (nSPS) is 47.1. The highest BCUT2D eigenvalue weighted by atomic mass is 16.3. The van der Waals surface area contributed by atoms with E-state index < -0.39 is 0 Å². The van der Waals surface area contributed by atoms with Crippen LogP contribution in [0.1, 0.15) is 64.2 Å². The van der Waals surface area contributed by atoms with Gasteiger partial charge in [0.1, 0.15) is 0 Å². The number of likely N-dealkylation sites (tertiary alicyclic amines) is 1. The first-order valence-electron chi connectivity index (χ1n) is 10.7. The molecule has 1 amide bonds. The smallest absolute Gasteiger partial charge is 0.223 e. The van der Waals surface area contributed by atoms with Gasteiger partial charge in [-0.25, -0.2) is 0 Å². The molecule has 140 valence electrons. The molecule has 0 spiro atoms. The lowest BCUT2D eigenvalue weighted by Gasteiger charge is -2.66. The standard InChI is InChI=1S/C21H33NO3/c23-18-11-22(12-18)19(24)10-21(15-4-2-1-3-5-15)16-6-13-7-17(21)9-14(8-16)20(13)25/h13-18,20,23,25H,1-12H2. The van der Waals surface area contributed by atoms with Gasteiger partial charge in [0.05, 0.1) is 12.2 Å². The van der Waals surface area contributed by atoms with Gasteiger partial charge >= 0.3 is 0 Å². The number of aliphatic hydroxyl groups is 2. The van der Waals surface area contributed by atoms with Crippen molar-refractivity contribution < 1.29 is 15.0 Å². The van der Waals surface area contributed by atoms with Crippen molar-refractivity contribution in [3.8, 4) is 0 Å². The number of hydrogen-bond donors (Lipinski definition) is 2. The zero-order valence-electron chi connectivity index (χ0n) is 15.3. The Balaban J connectivity index is 1.44. The predicted molar refractivity (Wildman–Crippen MR) is 94.6 cm³/mol. The SMILES string of the molecule is O=C(CC1(C2CCCCC2)C2CC3CC1CC(C2)C3O)N1CC(O)C1. The van der Waals surface area contributed by atoms with E-state index in [1.807, 2.05) is 4.90 Å². The summed E-state index contributed by atoms with van der Waals surface area (Å²) in [6.45, 7) is 1.08. The molecule has 25 heavy (non-hydrogen) atoms. The lowest BCUT2D eigenvalue weighted by Crippen LogP contribution is -2.63. The third-order valence-corrected chi connectivity index (χ3v) is 8.87. The van der Waals surface area contributed by atoms with E-state index >= 15 is 0 Å². The highest BCUT2D eigenvalue weighted by Gasteiger charge is 2.62. The maximum absolute atomic E-state index is 13.0. The quantitative estimate of drug-likeness (QED) is 0.825. The molecule has 2 N–H and O–H groups in total. The fourth-order valence-electron chi connectivity index (χ4n) is 7.77. The first kappa shape index (κ1) is 16.6. The number of β-amino-alcohol motifs (C(OH)–C–C–N with tert-alkyl or cyclic N) is 1. The third-order valence-electron chi connectivity index (χ3n) is 8.87. The summed E-state index contributed by atoms with van der Waals surface area (Å²) in [5, 5.41) is 20.1. The average Bonchev–Trinajstić information content (AvgIpc) is 2.58. The molecule has 0 aromatic rings. The van der Waals surface area contributed by atoms with Gasteiger partial charge in [-0.15, -0.1) is 0 Å². The van der Waals surface area contributed by atoms with Gasteiger partial charge in [0.25, 0.3) is 0 Å². The molecule has 4 heteroatoms. The van der Waals surface area contributed by atoms with Crippen LogP contribution in [0.2, 0.25) is 0 Å². The number of amides is 1. The Morgan fingerprint density at radius 3 is 1.96 bits per heavy atom. The van der Waals surface area contributed by atoms with Crippen molar-refractivity contribution in [3.63, 3.8) is 0 Å². The number of nitrogens with zero attached hydrogens (tertiary/aromatic N) is 1. The highest BCUT2D eigenvalue weighted by molar-refractivity contribution is 5.78. The molecule has 0 atom stereocenters. The van der Waals surface area contributed by atoms with Crippen LogP contribution in [0, 0.1) is 35.0 Å². The van der Waals surface area contributed by atoms with Gasteiger partial charge in [-0.3, -0.25) is 4.79 Å². The number of hydrogen-bond acceptors (Lipinski definition) is 3. The summed E-state index contributed by atoms with van der Waals surface area (Å²) in [5.74, 6) is 3.31. The molecular formula is C21H33NO3. The Labute approximate surface area is 151 Å². The van der Waals surface area contributed by atoms with Crippen LogP contribution in [0.25, 0.3) is 0 Å². The third kappa shape index (κ3) is 2.43. The number of carbonyl (C=O) groups is 1. The molecule has 6 fully saturated rings. The second kappa shape index (κ2) is 5.95. The van der Waals surface area contributed by atoms with Crippen LogP contribution >= 0.6 is 0 Å².